The van der Waals surface area contributed by atoms with Crippen LogP contribution in [0, 0.1) is 0 Å². The van der Waals surface area contributed by atoms with Crippen LogP contribution in [0.1, 0.15) is 25.1 Å². The van der Waals surface area contributed by atoms with Crippen molar-refractivity contribution in [3.8, 4) is 6.08 Å². The summed E-state index contributed by atoms with van der Waals surface area (Å²) in [5, 5.41) is 3.75. The van der Waals surface area contributed by atoms with Crippen molar-refractivity contribution in [3.63, 3.8) is 0 Å². The van der Waals surface area contributed by atoms with Crippen LogP contribution >= 0.6 is 0 Å². The summed E-state index contributed by atoms with van der Waals surface area (Å²) in [6.45, 7) is 0. The summed E-state index contributed by atoms with van der Waals surface area (Å²) in [6, 6.07) is 0. The number of aryl methyl sites for hydroxylation is 1. The normalized spacial score (nSPS) is 18.6. The van der Waals surface area contributed by atoms with Crippen molar-refractivity contribution in [2.24, 2.45) is 5.73 Å². The van der Waals surface area contributed by atoms with Crippen LogP contribution in [0.4, 0.5) is 0 Å². The molecule has 0 amide bonds. The predicted molar refractivity (Wildman–Crippen MR) is 45.3 cm³/mol. The molecule has 0 unspecified atom stereocenters. The Kier molecular flexibility index (Phi) is 1.95. The lowest BCUT2D eigenvalue weighted by atomic mass is 10.1. The van der Waals surface area contributed by atoms with E-state index >= 15 is 0 Å². The minimum Gasteiger partial charge on any atom is -0.452 e. The molecule has 1 aliphatic carbocycles. The Morgan fingerprint density at radius 2 is 2.38 bits per heavy atom. The zero-order valence-electron chi connectivity index (χ0n) is 7.62. The van der Waals surface area contributed by atoms with Gasteiger partial charge < -0.3 is 10.5 Å². The quantitative estimate of drug-likeness (QED) is 0.735. The molecule has 0 bridgehead atoms. The van der Waals surface area contributed by atoms with Crippen molar-refractivity contribution in [2.75, 3.05) is 7.11 Å². The number of hydrogen-bond acceptors (Lipinski definition) is 5. The Morgan fingerprint density at radius 3 is 2.92 bits per heavy atom. The van der Waals surface area contributed by atoms with E-state index in [1.165, 1.54) is 7.11 Å². The molecular formula is C8H13N3O2. The molecule has 5 heteroatoms. The number of rotatable bonds is 4. The molecule has 1 aromatic rings. The standard InChI is InChI=1S/C8H13N3O2/c1-12-7-10-6(11-13-7)2-3-8(9)4-5-8/h2-5,9H2,1H3. The van der Waals surface area contributed by atoms with E-state index in [0.29, 0.717) is 5.82 Å². The Balaban J connectivity index is 1.87. The molecule has 5 nitrogen and oxygen atoms in total. The van der Waals surface area contributed by atoms with Gasteiger partial charge in [0.15, 0.2) is 5.82 Å². The summed E-state index contributed by atoms with van der Waals surface area (Å²) < 4.78 is 9.55. The van der Waals surface area contributed by atoms with Crippen molar-refractivity contribution in [3.05, 3.63) is 5.82 Å². The lowest BCUT2D eigenvalue weighted by molar-refractivity contribution is 0.249. The molecule has 2 rings (SSSR count). The second-order valence-electron chi connectivity index (χ2n) is 3.54. The molecule has 1 fully saturated rings. The van der Waals surface area contributed by atoms with Crippen LogP contribution in [0.5, 0.6) is 6.08 Å². The third-order valence-electron chi connectivity index (χ3n) is 2.36. The first-order chi connectivity index (χ1) is 6.22. The lowest BCUT2D eigenvalue weighted by Gasteiger charge is -2.03. The van der Waals surface area contributed by atoms with E-state index < -0.39 is 0 Å². The average molecular weight is 183 g/mol. The second-order valence-corrected chi connectivity index (χ2v) is 3.54. The van der Waals surface area contributed by atoms with Gasteiger partial charge in [-0.25, -0.2) is 0 Å². The topological polar surface area (TPSA) is 74.2 Å². The van der Waals surface area contributed by atoms with Crippen molar-refractivity contribution in [2.45, 2.75) is 31.2 Å². The summed E-state index contributed by atoms with van der Waals surface area (Å²) >= 11 is 0. The van der Waals surface area contributed by atoms with Gasteiger partial charge in [0.25, 0.3) is 0 Å². The maximum absolute atomic E-state index is 5.92. The first kappa shape index (κ1) is 8.50. The number of ether oxygens (including phenoxy) is 1. The summed E-state index contributed by atoms with van der Waals surface area (Å²) in [4.78, 5) is 4.00. The first-order valence-electron chi connectivity index (χ1n) is 4.37. The highest BCUT2D eigenvalue weighted by Crippen LogP contribution is 2.36. The van der Waals surface area contributed by atoms with Crippen LogP contribution in [0.3, 0.4) is 0 Å². The van der Waals surface area contributed by atoms with Crippen LogP contribution < -0.4 is 10.5 Å². The third-order valence-corrected chi connectivity index (χ3v) is 2.36. The van der Waals surface area contributed by atoms with Crippen molar-refractivity contribution in [1.29, 1.82) is 0 Å². The predicted octanol–water partition coefficient (Wildman–Crippen LogP) is 0.502. The van der Waals surface area contributed by atoms with Gasteiger partial charge in [0.05, 0.1) is 7.11 Å². The zero-order chi connectivity index (χ0) is 9.31. The van der Waals surface area contributed by atoms with Crippen molar-refractivity contribution >= 4 is 0 Å². The number of methoxy groups -OCH3 is 1. The number of hydrogen-bond donors (Lipinski definition) is 1. The molecular weight excluding hydrogens is 170 g/mol. The maximum Gasteiger partial charge on any atom is 0.417 e. The van der Waals surface area contributed by atoms with Gasteiger partial charge in [0.1, 0.15) is 0 Å². The summed E-state index contributed by atoms with van der Waals surface area (Å²) in [6.07, 6.45) is 4.14. The second kappa shape index (κ2) is 2.99. The van der Waals surface area contributed by atoms with E-state index in [1.807, 2.05) is 0 Å². The molecule has 0 spiro atoms. The summed E-state index contributed by atoms with van der Waals surface area (Å²) in [5.41, 5.74) is 5.97. The summed E-state index contributed by atoms with van der Waals surface area (Å²) in [5.74, 6) is 0.675. The monoisotopic (exact) mass is 183 g/mol. The van der Waals surface area contributed by atoms with E-state index in [-0.39, 0.29) is 11.6 Å². The van der Waals surface area contributed by atoms with E-state index in [2.05, 4.69) is 10.1 Å². The molecule has 1 saturated carbocycles. The minimum atomic E-state index is 0.0495. The Labute approximate surface area is 76.3 Å². The largest absolute Gasteiger partial charge is 0.452 e. The molecule has 0 aliphatic heterocycles. The van der Waals surface area contributed by atoms with Gasteiger partial charge in [-0.1, -0.05) is 5.16 Å². The number of aromatic nitrogens is 2. The van der Waals surface area contributed by atoms with Crippen LogP contribution in [0.25, 0.3) is 0 Å². The molecule has 2 N–H and O–H groups in total. The van der Waals surface area contributed by atoms with Crippen LogP contribution in [-0.4, -0.2) is 22.8 Å². The van der Waals surface area contributed by atoms with Crippen molar-refractivity contribution < 1.29 is 9.26 Å². The molecule has 1 aliphatic rings. The van der Waals surface area contributed by atoms with Crippen LogP contribution in [0.2, 0.25) is 0 Å². The van der Waals surface area contributed by atoms with Gasteiger partial charge in [-0.2, -0.15) is 4.98 Å². The number of nitrogens with two attached hydrogens (primary N) is 1. The Morgan fingerprint density at radius 1 is 1.62 bits per heavy atom. The molecule has 0 radical (unpaired) electrons. The van der Waals surface area contributed by atoms with Gasteiger partial charge in [-0.3, -0.25) is 4.52 Å². The molecule has 1 heterocycles. The molecule has 0 atom stereocenters. The summed E-state index contributed by atoms with van der Waals surface area (Å²) in [7, 11) is 1.50. The zero-order valence-corrected chi connectivity index (χ0v) is 7.62. The van der Waals surface area contributed by atoms with Gasteiger partial charge in [-0.15, -0.1) is 0 Å². The van der Waals surface area contributed by atoms with Crippen molar-refractivity contribution in [1.82, 2.24) is 10.1 Å². The van der Waals surface area contributed by atoms with E-state index in [4.69, 9.17) is 15.0 Å². The fourth-order valence-electron chi connectivity index (χ4n) is 1.19. The van der Waals surface area contributed by atoms with Gasteiger partial charge in [0.2, 0.25) is 0 Å². The van der Waals surface area contributed by atoms with Crippen LogP contribution in [-0.2, 0) is 6.42 Å². The van der Waals surface area contributed by atoms with Crippen LogP contribution in [0.15, 0.2) is 4.52 Å². The number of nitrogens with zero attached hydrogens (tertiary/aromatic N) is 2. The fraction of sp³-hybridized carbons (Fsp3) is 0.750. The molecule has 0 saturated heterocycles. The molecule has 1 aromatic heterocycles. The first-order valence-corrected chi connectivity index (χ1v) is 4.37. The molecule has 72 valence electrons. The maximum atomic E-state index is 5.92. The third kappa shape index (κ3) is 1.98. The van der Waals surface area contributed by atoms with Gasteiger partial charge in [-0.05, 0) is 19.3 Å². The molecule has 13 heavy (non-hydrogen) atoms. The highest BCUT2D eigenvalue weighted by molar-refractivity contribution is 5.01. The molecule has 0 aromatic carbocycles. The minimum absolute atomic E-state index is 0.0495. The van der Waals surface area contributed by atoms with E-state index in [0.717, 1.165) is 25.7 Å². The Bertz CT molecular complexity index is 293. The average Bonchev–Trinajstić information content (AvgIpc) is 2.69. The van der Waals surface area contributed by atoms with E-state index in [9.17, 15) is 0 Å². The van der Waals surface area contributed by atoms with Gasteiger partial charge >= 0.3 is 6.08 Å². The highest BCUT2D eigenvalue weighted by Gasteiger charge is 2.37. The Hall–Kier alpha value is -1.10. The fourth-order valence-corrected chi connectivity index (χ4v) is 1.19. The SMILES string of the molecule is COc1nc(CCC2(N)CC2)no1. The van der Waals surface area contributed by atoms with E-state index in [1.54, 1.807) is 0 Å². The smallest absolute Gasteiger partial charge is 0.417 e. The highest BCUT2D eigenvalue weighted by atomic mass is 16.6. The van der Waals surface area contributed by atoms with Gasteiger partial charge in [0, 0.05) is 12.0 Å². The lowest BCUT2D eigenvalue weighted by Crippen LogP contribution is -2.22.